The van der Waals surface area contributed by atoms with E-state index in [1.54, 1.807) is 0 Å². The maximum absolute atomic E-state index is 14.0. The molecule has 0 amide bonds. The Kier molecular flexibility index (Phi) is 5.43. The molecule has 0 spiro atoms. The van der Waals surface area contributed by atoms with Crippen LogP contribution in [-0.2, 0) is 4.74 Å². The molecule has 0 aromatic heterocycles. The van der Waals surface area contributed by atoms with E-state index >= 15 is 0 Å². The standard InChI is InChI=1S/C15H20F3NO/c1-2-5-19-15(10-4-3-6-20-9-10)14-12(17)7-11(16)8-13(14)18/h7-8,10,15,19H,2-6,9H2,1H3. The van der Waals surface area contributed by atoms with Crippen LogP contribution in [0.15, 0.2) is 12.1 Å². The van der Waals surface area contributed by atoms with Gasteiger partial charge in [-0.1, -0.05) is 6.92 Å². The fourth-order valence-corrected chi connectivity index (χ4v) is 2.68. The Morgan fingerprint density at radius 1 is 1.30 bits per heavy atom. The van der Waals surface area contributed by atoms with Crippen LogP contribution in [-0.4, -0.2) is 19.8 Å². The summed E-state index contributed by atoms with van der Waals surface area (Å²) in [5.74, 6) is -2.55. The Bertz CT molecular complexity index is 424. The van der Waals surface area contributed by atoms with Gasteiger partial charge in [0.2, 0.25) is 0 Å². The molecule has 2 rings (SSSR count). The predicted molar refractivity (Wildman–Crippen MR) is 70.9 cm³/mol. The van der Waals surface area contributed by atoms with Gasteiger partial charge in [0, 0.05) is 36.3 Å². The van der Waals surface area contributed by atoms with Crippen molar-refractivity contribution < 1.29 is 17.9 Å². The lowest BCUT2D eigenvalue weighted by Gasteiger charge is -2.31. The summed E-state index contributed by atoms with van der Waals surface area (Å²) >= 11 is 0. The second-order valence-corrected chi connectivity index (χ2v) is 5.19. The van der Waals surface area contributed by atoms with Crippen molar-refractivity contribution in [1.82, 2.24) is 5.32 Å². The molecule has 1 N–H and O–H groups in total. The van der Waals surface area contributed by atoms with Crippen LogP contribution in [0.4, 0.5) is 13.2 Å². The molecule has 1 aliphatic heterocycles. The molecular weight excluding hydrogens is 267 g/mol. The summed E-state index contributed by atoms with van der Waals surface area (Å²) in [5.41, 5.74) is -0.0737. The van der Waals surface area contributed by atoms with Crippen molar-refractivity contribution in [1.29, 1.82) is 0 Å². The van der Waals surface area contributed by atoms with E-state index < -0.39 is 23.5 Å². The minimum atomic E-state index is -0.891. The van der Waals surface area contributed by atoms with Gasteiger partial charge in [-0.25, -0.2) is 13.2 Å². The quantitative estimate of drug-likeness (QED) is 0.894. The number of hydrogen-bond acceptors (Lipinski definition) is 2. The van der Waals surface area contributed by atoms with Gasteiger partial charge in [-0.2, -0.15) is 0 Å². The second kappa shape index (κ2) is 7.09. The van der Waals surface area contributed by atoms with Gasteiger partial charge in [0.05, 0.1) is 6.61 Å². The van der Waals surface area contributed by atoms with Gasteiger partial charge in [-0.3, -0.25) is 0 Å². The highest BCUT2D eigenvalue weighted by Gasteiger charge is 2.30. The first-order valence-corrected chi connectivity index (χ1v) is 7.09. The summed E-state index contributed by atoms with van der Waals surface area (Å²) in [5, 5.41) is 3.17. The summed E-state index contributed by atoms with van der Waals surface area (Å²) < 4.78 is 46.4. The number of halogens is 3. The lowest BCUT2D eigenvalue weighted by Crippen LogP contribution is -2.35. The number of ether oxygens (including phenoxy) is 1. The van der Waals surface area contributed by atoms with E-state index in [0.29, 0.717) is 19.8 Å². The molecule has 0 bridgehead atoms. The fourth-order valence-electron chi connectivity index (χ4n) is 2.68. The van der Waals surface area contributed by atoms with Gasteiger partial charge >= 0.3 is 0 Å². The van der Waals surface area contributed by atoms with E-state index in [1.165, 1.54) is 0 Å². The molecule has 1 aromatic rings. The highest BCUT2D eigenvalue weighted by Crippen LogP contribution is 2.32. The Labute approximate surface area is 117 Å². The van der Waals surface area contributed by atoms with Crippen LogP contribution in [0.2, 0.25) is 0 Å². The molecule has 0 aliphatic carbocycles. The molecule has 1 aliphatic rings. The molecule has 1 aromatic carbocycles. The number of benzene rings is 1. The summed E-state index contributed by atoms with van der Waals surface area (Å²) in [6.45, 7) is 3.79. The molecule has 0 radical (unpaired) electrons. The zero-order chi connectivity index (χ0) is 14.5. The lowest BCUT2D eigenvalue weighted by atomic mass is 9.88. The van der Waals surface area contributed by atoms with Crippen molar-refractivity contribution in [3.63, 3.8) is 0 Å². The highest BCUT2D eigenvalue weighted by molar-refractivity contribution is 5.25. The van der Waals surface area contributed by atoms with E-state index in [0.717, 1.165) is 31.4 Å². The van der Waals surface area contributed by atoms with E-state index in [4.69, 9.17) is 4.74 Å². The van der Waals surface area contributed by atoms with Gasteiger partial charge in [0.15, 0.2) is 0 Å². The molecule has 2 nitrogen and oxygen atoms in total. The summed E-state index contributed by atoms with van der Waals surface area (Å²) in [4.78, 5) is 0. The minimum absolute atomic E-state index is 0.00441. The third kappa shape index (κ3) is 3.52. The van der Waals surface area contributed by atoms with Crippen molar-refractivity contribution in [2.24, 2.45) is 5.92 Å². The molecule has 2 unspecified atom stereocenters. The zero-order valence-corrected chi connectivity index (χ0v) is 11.6. The molecular formula is C15H20F3NO. The van der Waals surface area contributed by atoms with Crippen LogP contribution in [0.1, 0.15) is 37.8 Å². The van der Waals surface area contributed by atoms with Crippen molar-refractivity contribution >= 4 is 0 Å². The van der Waals surface area contributed by atoms with Crippen LogP contribution < -0.4 is 5.32 Å². The predicted octanol–water partition coefficient (Wildman–Crippen LogP) is 3.57. The molecule has 1 saturated heterocycles. The molecule has 1 fully saturated rings. The maximum Gasteiger partial charge on any atom is 0.133 e. The minimum Gasteiger partial charge on any atom is -0.381 e. The van der Waals surface area contributed by atoms with Crippen molar-refractivity contribution in [2.45, 2.75) is 32.2 Å². The number of nitrogens with one attached hydrogen (secondary N) is 1. The smallest absolute Gasteiger partial charge is 0.133 e. The van der Waals surface area contributed by atoms with E-state index in [1.807, 2.05) is 6.92 Å². The Balaban J connectivity index is 2.29. The van der Waals surface area contributed by atoms with Crippen LogP contribution in [0.5, 0.6) is 0 Å². The third-order valence-corrected chi connectivity index (χ3v) is 3.64. The van der Waals surface area contributed by atoms with E-state index in [-0.39, 0.29) is 11.5 Å². The monoisotopic (exact) mass is 287 g/mol. The molecule has 1 heterocycles. The van der Waals surface area contributed by atoms with Gasteiger partial charge in [-0.05, 0) is 25.8 Å². The lowest BCUT2D eigenvalue weighted by molar-refractivity contribution is 0.0379. The van der Waals surface area contributed by atoms with Gasteiger partial charge < -0.3 is 10.1 Å². The molecule has 112 valence electrons. The zero-order valence-electron chi connectivity index (χ0n) is 11.6. The van der Waals surface area contributed by atoms with Gasteiger partial charge in [0.25, 0.3) is 0 Å². The van der Waals surface area contributed by atoms with Crippen molar-refractivity contribution in [3.05, 3.63) is 35.1 Å². The fraction of sp³-hybridized carbons (Fsp3) is 0.600. The molecule has 20 heavy (non-hydrogen) atoms. The Morgan fingerprint density at radius 2 is 2.00 bits per heavy atom. The normalized spacial score (nSPS) is 20.9. The summed E-state index contributed by atoms with van der Waals surface area (Å²) in [6, 6.07) is 1.00. The van der Waals surface area contributed by atoms with E-state index in [9.17, 15) is 13.2 Å². The number of hydrogen-bond donors (Lipinski definition) is 1. The van der Waals surface area contributed by atoms with Gasteiger partial charge in [-0.15, -0.1) is 0 Å². The Hall–Kier alpha value is -1.07. The maximum atomic E-state index is 14.0. The molecule has 5 heteroatoms. The van der Waals surface area contributed by atoms with Gasteiger partial charge in [0.1, 0.15) is 17.5 Å². The third-order valence-electron chi connectivity index (χ3n) is 3.64. The van der Waals surface area contributed by atoms with Crippen LogP contribution >= 0.6 is 0 Å². The molecule has 2 atom stereocenters. The topological polar surface area (TPSA) is 21.3 Å². The first-order valence-electron chi connectivity index (χ1n) is 7.09. The highest BCUT2D eigenvalue weighted by atomic mass is 19.1. The summed E-state index contributed by atoms with van der Waals surface area (Å²) in [7, 11) is 0. The van der Waals surface area contributed by atoms with E-state index in [2.05, 4.69) is 5.32 Å². The second-order valence-electron chi connectivity index (χ2n) is 5.19. The first kappa shape index (κ1) is 15.3. The van der Waals surface area contributed by atoms with Crippen molar-refractivity contribution in [2.75, 3.05) is 19.8 Å². The number of rotatable bonds is 5. The molecule has 0 saturated carbocycles. The Morgan fingerprint density at radius 3 is 2.55 bits per heavy atom. The average Bonchev–Trinajstić information content (AvgIpc) is 2.42. The van der Waals surface area contributed by atoms with Crippen LogP contribution in [0.3, 0.4) is 0 Å². The first-order chi connectivity index (χ1) is 9.63. The summed E-state index contributed by atoms with van der Waals surface area (Å²) in [6.07, 6.45) is 2.57. The average molecular weight is 287 g/mol. The van der Waals surface area contributed by atoms with Crippen molar-refractivity contribution in [3.8, 4) is 0 Å². The SMILES string of the molecule is CCCNC(c1c(F)cc(F)cc1F)C1CCCOC1. The largest absolute Gasteiger partial charge is 0.381 e. The van der Waals surface area contributed by atoms with Crippen LogP contribution in [0, 0.1) is 23.4 Å². The van der Waals surface area contributed by atoms with Crippen LogP contribution in [0.25, 0.3) is 0 Å².